The molecule has 2 unspecified atom stereocenters. The molecule has 0 aliphatic heterocycles. The fourth-order valence-electron chi connectivity index (χ4n) is 1.57. The van der Waals surface area contributed by atoms with Crippen molar-refractivity contribution < 1.29 is 19.4 Å². The van der Waals surface area contributed by atoms with E-state index in [0.29, 0.717) is 5.06 Å². The summed E-state index contributed by atoms with van der Waals surface area (Å²) in [4.78, 5) is 23.9. The zero-order valence-electron chi connectivity index (χ0n) is 13.1. The van der Waals surface area contributed by atoms with Gasteiger partial charge in [0.05, 0.1) is 0 Å². The van der Waals surface area contributed by atoms with Gasteiger partial charge in [0, 0.05) is 0 Å². The number of guanidine groups is 1. The summed E-state index contributed by atoms with van der Waals surface area (Å²) in [5.41, 5.74) is 10.8. The third-order valence-electron chi connectivity index (χ3n) is 3.02. The molecule has 11 heteroatoms. The van der Waals surface area contributed by atoms with Crippen molar-refractivity contribution in [2.45, 2.75) is 38.8 Å². The molecule has 2 amide bonds. The van der Waals surface area contributed by atoms with Gasteiger partial charge in [0.1, 0.15) is 0 Å². The number of nitrogens with two attached hydrogens (primary N) is 2. The van der Waals surface area contributed by atoms with Crippen LogP contribution in [-0.4, -0.2) is 46.7 Å². The molecule has 0 bridgehead atoms. The number of rotatable bonds is 8. The van der Waals surface area contributed by atoms with E-state index in [4.69, 9.17) is 16.9 Å². The van der Waals surface area contributed by atoms with E-state index < -0.39 is 37.8 Å². The average molecular weight is 346 g/mol. The van der Waals surface area contributed by atoms with E-state index in [-0.39, 0.29) is 25.3 Å². The van der Waals surface area contributed by atoms with Crippen LogP contribution in [0.1, 0.15) is 26.7 Å². The molecule has 0 aromatic carbocycles. The second kappa shape index (κ2) is 10.8. The van der Waals surface area contributed by atoms with E-state index in [9.17, 15) is 19.4 Å². The van der Waals surface area contributed by atoms with Gasteiger partial charge in [-0.1, -0.05) is 0 Å². The van der Waals surface area contributed by atoms with Crippen molar-refractivity contribution in [3.8, 4) is 5.75 Å². The number of hydrogen-bond donors (Lipinski definition) is 6. The third kappa shape index (κ3) is 8.37. The van der Waals surface area contributed by atoms with Crippen molar-refractivity contribution in [1.82, 2.24) is 15.7 Å². The fourth-order valence-corrected chi connectivity index (χ4v) is 1.73. The summed E-state index contributed by atoms with van der Waals surface area (Å²) in [5, 5.41) is 21.5. The van der Waals surface area contributed by atoms with Gasteiger partial charge < -0.3 is 0 Å². The number of hydroxylamine groups is 2. The Hall–Kier alpha value is -1.86. The van der Waals surface area contributed by atoms with Crippen LogP contribution in [0.15, 0.2) is 0 Å². The van der Waals surface area contributed by atoms with Gasteiger partial charge in [0.2, 0.25) is 0 Å². The molecule has 0 aliphatic rings. The van der Waals surface area contributed by atoms with Crippen molar-refractivity contribution in [2.75, 3.05) is 6.54 Å². The van der Waals surface area contributed by atoms with E-state index in [1.54, 1.807) is 13.8 Å². The zero-order valence-corrected chi connectivity index (χ0v) is 14.0. The first-order valence-electron chi connectivity index (χ1n) is 6.94. The molecule has 130 valence electrons. The van der Waals surface area contributed by atoms with Gasteiger partial charge in [0.25, 0.3) is 0 Å². The van der Waals surface area contributed by atoms with Gasteiger partial charge in [-0.3, -0.25) is 0 Å². The van der Waals surface area contributed by atoms with E-state index in [0.717, 1.165) is 0 Å². The molecule has 0 radical (unpaired) electrons. The van der Waals surface area contributed by atoms with Gasteiger partial charge >= 0.3 is 135 Å². The van der Waals surface area contributed by atoms with Crippen molar-refractivity contribution >= 4 is 25.7 Å². The van der Waals surface area contributed by atoms with E-state index >= 15 is 0 Å². The van der Waals surface area contributed by atoms with Crippen molar-refractivity contribution in [1.29, 1.82) is 5.41 Å². The van der Waals surface area contributed by atoms with Crippen molar-refractivity contribution in [2.24, 2.45) is 17.4 Å². The van der Waals surface area contributed by atoms with Crippen LogP contribution in [0.3, 0.4) is 0 Å². The molecule has 0 rings (SSSR count). The number of amides is 2. The molecule has 23 heavy (non-hydrogen) atoms. The zero-order chi connectivity index (χ0) is 18.0. The summed E-state index contributed by atoms with van der Waals surface area (Å²) in [6, 6.07) is -1.72. The van der Waals surface area contributed by atoms with Crippen LogP contribution in [0, 0.1) is 17.1 Å². The van der Waals surface area contributed by atoms with Crippen LogP contribution in [-0.2, 0) is 14.2 Å². The summed E-state index contributed by atoms with van der Waals surface area (Å²) in [5.74, 6) is 0.359. The van der Waals surface area contributed by atoms with E-state index in [2.05, 4.69) is 16.4 Å². The summed E-state index contributed by atoms with van der Waals surface area (Å²) in [6.07, 6.45) is 0.421. The molecule has 0 saturated carbocycles. The topological polar surface area (TPSA) is 175 Å². The molecule has 0 aromatic rings. The summed E-state index contributed by atoms with van der Waals surface area (Å²) < 4.78 is 10.3. The van der Waals surface area contributed by atoms with Crippen LogP contribution in [0.2, 0.25) is 0 Å². The van der Waals surface area contributed by atoms with Crippen LogP contribution in [0.4, 0.5) is 0 Å². The van der Waals surface area contributed by atoms with Gasteiger partial charge in [-0.15, -0.1) is 0 Å². The quantitative estimate of drug-likeness (QED) is 0.109. The van der Waals surface area contributed by atoms with Gasteiger partial charge in [-0.2, -0.15) is 0 Å². The predicted molar refractivity (Wildman–Crippen MR) is 84.0 cm³/mol. The molecule has 0 aromatic heterocycles. The Kier molecular flexibility index (Phi) is 9.92. The van der Waals surface area contributed by atoms with Crippen LogP contribution in [0.5, 0.6) is 0 Å². The van der Waals surface area contributed by atoms with Crippen molar-refractivity contribution in [3.63, 3.8) is 0 Å². The minimum atomic E-state index is -0.943. The second-order valence-corrected chi connectivity index (χ2v) is 5.58. The molecule has 0 saturated heterocycles. The summed E-state index contributed by atoms with van der Waals surface area (Å²) in [7, 11) is -0.494. The van der Waals surface area contributed by atoms with Gasteiger partial charge in [-0.05, 0) is 0 Å². The Morgan fingerprint density at radius 2 is 2.00 bits per heavy atom. The Balaban J connectivity index is 4.77. The maximum absolute atomic E-state index is 12.0. The first-order valence-corrected chi connectivity index (χ1v) is 7.75. The molecule has 0 spiro atoms. The first-order chi connectivity index (χ1) is 10.7. The number of nitrogens with zero attached hydrogens (tertiary/aromatic N) is 1. The summed E-state index contributed by atoms with van der Waals surface area (Å²) in [6.45, 7) is 3.56. The van der Waals surface area contributed by atoms with Crippen LogP contribution in [0.25, 0.3) is 0 Å². The molecule has 8 N–H and O–H groups in total. The number of hydrogen-bond acceptors (Lipinski definition) is 6. The Bertz CT molecular complexity index is 535. The molecule has 10 nitrogen and oxygen atoms in total. The van der Waals surface area contributed by atoms with Crippen LogP contribution >= 0.6 is 7.92 Å². The third-order valence-corrected chi connectivity index (χ3v) is 3.22. The molecule has 0 heterocycles. The first kappa shape index (κ1) is 21.1. The number of carbonyl (C=O) groups is 2. The van der Waals surface area contributed by atoms with E-state index in [1.165, 1.54) is 0 Å². The predicted octanol–water partition coefficient (Wildman–Crippen LogP) is -0.856. The molecule has 0 aliphatic carbocycles. The molecule has 0 fully saturated rings. The monoisotopic (exact) mass is 346 g/mol. The molecular weight excluding hydrogens is 323 g/mol. The maximum atomic E-state index is 12.0. The Morgan fingerprint density at radius 3 is 2.48 bits per heavy atom. The molecular formula is C12H23N6O4P. The summed E-state index contributed by atoms with van der Waals surface area (Å²) >= 11 is 0. The number of nitrogens with one attached hydrogen (secondary N) is 3. The Labute approximate surface area is 135 Å². The van der Waals surface area contributed by atoms with E-state index in [1.807, 2.05) is 0 Å². The van der Waals surface area contributed by atoms with Crippen molar-refractivity contribution in [3.05, 3.63) is 0 Å². The number of carbonyl (C=O) groups excluding carboxylic acids is 2. The average Bonchev–Trinajstić information content (AvgIpc) is 2.49. The normalized spacial score (nSPS) is 12.7. The standard InChI is InChI=1S/C12H23N6O4P/c1-7(2)9(13)11(20)17-8(10(19)16-6-23-22)4-3-5-18(21)12(14)15/h7-9,21H,3-5,13H2,1-2H3,(H3,14,15)(H,16,19)(H,17,20). The SMILES string of the molecule is CC(C)C(N)C(=O)NC(CCCN(O)C(=N)N)C(=O)NC#P=O. The second-order valence-electron chi connectivity index (χ2n) is 5.17. The fraction of sp³-hybridized carbons (Fsp3) is 0.667. The van der Waals surface area contributed by atoms with Gasteiger partial charge in [0.15, 0.2) is 0 Å². The Morgan fingerprint density at radius 1 is 1.39 bits per heavy atom. The minimum absolute atomic E-state index is 0.0124. The van der Waals surface area contributed by atoms with Gasteiger partial charge in [-0.25, -0.2) is 0 Å². The molecule has 2 atom stereocenters. The van der Waals surface area contributed by atoms with Crippen LogP contribution < -0.4 is 22.1 Å².